The largest absolute Gasteiger partial charge is 0.341 e. The first-order chi connectivity index (χ1) is 10.2. The highest BCUT2D eigenvalue weighted by Gasteiger charge is 2.28. The van der Waals surface area contributed by atoms with Crippen molar-refractivity contribution in [2.24, 2.45) is 0 Å². The molecule has 0 radical (unpaired) electrons. The van der Waals surface area contributed by atoms with Gasteiger partial charge in [-0.15, -0.1) is 0 Å². The van der Waals surface area contributed by atoms with Crippen LogP contribution >= 0.6 is 0 Å². The van der Waals surface area contributed by atoms with Crippen LogP contribution in [0.25, 0.3) is 0 Å². The van der Waals surface area contributed by atoms with Crippen LogP contribution in [0.2, 0.25) is 0 Å². The molecule has 2 heterocycles. The molecule has 0 aromatic carbocycles. The topological polar surface area (TPSA) is 35.6 Å². The number of unbranched alkanes of at least 4 members (excludes halogenated alkanes) is 1. The van der Waals surface area contributed by atoms with Crippen molar-refractivity contribution in [2.75, 3.05) is 32.7 Å². The summed E-state index contributed by atoms with van der Waals surface area (Å²) in [4.78, 5) is 17.3. The van der Waals surface area contributed by atoms with E-state index >= 15 is 0 Å². The molecular formula is C17H33N3O. The number of carbonyl (C=O) groups is 1. The number of amides is 1. The molecule has 0 bridgehead atoms. The van der Waals surface area contributed by atoms with Crippen molar-refractivity contribution in [1.82, 2.24) is 15.1 Å². The Labute approximate surface area is 130 Å². The zero-order valence-corrected chi connectivity index (χ0v) is 13.9. The van der Waals surface area contributed by atoms with E-state index < -0.39 is 0 Å². The van der Waals surface area contributed by atoms with Crippen LogP contribution in [0.1, 0.15) is 58.8 Å². The normalized spacial score (nSPS) is 24.5. The number of piperidine rings is 1. The third-order valence-electron chi connectivity index (χ3n) is 4.99. The van der Waals surface area contributed by atoms with Crippen LogP contribution < -0.4 is 5.32 Å². The molecule has 0 aromatic heterocycles. The summed E-state index contributed by atoms with van der Waals surface area (Å²) in [5.74, 6) is 0.351. The average Bonchev–Trinajstić information content (AvgIpc) is 3.04. The predicted molar refractivity (Wildman–Crippen MR) is 87.4 cm³/mol. The molecule has 0 saturated carbocycles. The van der Waals surface area contributed by atoms with Crippen molar-refractivity contribution < 1.29 is 4.79 Å². The molecule has 2 atom stereocenters. The molecule has 2 aliphatic heterocycles. The van der Waals surface area contributed by atoms with Crippen LogP contribution in [0.15, 0.2) is 0 Å². The monoisotopic (exact) mass is 295 g/mol. The molecule has 2 rings (SSSR count). The smallest absolute Gasteiger partial charge is 0.239 e. The molecule has 2 aliphatic rings. The molecule has 1 amide bonds. The quantitative estimate of drug-likeness (QED) is 0.782. The average molecular weight is 295 g/mol. The maximum Gasteiger partial charge on any atom is 0.239 e. The summed E-state index contributed by atoms with van der Waals surface area (Å²) in [6.45, 7) is 9.49. The molecular weight excluding hydrogens is 262 g/mol. The number of carbonyl (C=O) groups excluding carboxylic acids is 1. The number of likely N-dealkylation sites (tertiary alicyclic amines) is 1. The molecule has 2 fully saturated rings. The van der Waals surface area contributed by atoms with Crippen LogP contribution in [0, 0.1) is 0 Å². The van der Waals surface area contributed by atoms with E-state index in [0.717, 1.165) is 32.7 Å². The number of nitrogens with one attached hydrogen (secondary N) is 1. The van der Waals surface area contributed by atoms with Crippen molar-refractivity contribution in [1.29, 1.82) is 0 Å². The fourth-order valence-corrected chi connectivity index (χ4v) is 3.53. The molecule has 2 unspecified atom stereocenters. The zero-order chi connectivity index (χ0) is 15.1. The summed E-state index contributed by atoms with van der Waals surface area (Å²) in [5.41, 5.74) is 0. The highest BCUT2D eigenvalue weighted by Crippen LogP contribution is 2.15. The molecule has 4 nitrogen and oxygen atoms in total. The lowest BCUT2D eigenvalue weighted by atomic mass is 10.1. The lowest BCUT2D eigenvalue weighted by molar-refractivity contribution is -0.137. The van der Waals surface area contributed by atoms with Gasteiger partial charge in [0.05, 0.1) is 6.04 Å². The van der Waals surface area contributed by atoms with Crippen molar-refractivity contribution in [3.63, 3.8) is 0 Å². The Morgan fingerprint density at radius 2 is 2.05 bits per heavy atom. The van der Waals surface area contributed by atoms with Gasteiger partial charge in [-0.2, -0.15) is 0 Å². The number of hydrogen-bond acceptors (Lipinski definition) is 3. The van der Waals surface area contributed by atoms with Gasteiger partial charge in [-0.05, 0) is 58.5 Å². The maximum absolute atomic E-state index is 12.7. The second kappa shape index (κ2) is 8.74. The van der Waals surface area contributed by atoms with Crippen molar-refractivity contribution in [3.8, 4) is 0 Å². The summed E-state index contributed by atoms with van der Waals surface area (Å²) in [5, 5.41) is 3.57. The minimum Gasteiger partial charge on any atom is -0.341 e. The highest BCUT2D eigenvalue weighted by atomic mass is 16.2. The lowest BCUT2D eigenvalue weighted by Gasteiger charge is -2.35. The van der Waals surface area contributed by atoms with E-state index in [4.69, 9.17) is 0 Å². The van der Waals surface area contributed by atoms with E-state index in [9.17, 15) is 4.79 Å². The van der Waals surface area contributed by atoms with Gasteiger partial charge in [0.2, 0.25) is 5.91 Å². The van der Waals surface area contributed by atoms with Gasteiger partial charge < -0.3 is 10.2 Å². The summed E-state index contributed by atoms with van der Waals surface area (Å²) in [6, 6.07) is 0.621. The van der Waals surface area contributed by atoms with E-state index in [1.165, 1.54) is 44.9 Å². The summed E-state index contributed by atoms with van der Waals surface area (Å²) in [7, 11) is 0. The fourth-order valence-electron chi connectivity index (χ4n) is 3.53. The minimum absolute atomic E-state index is 0.0389. The maximum atomic E-state index is 12.7. The zero-order valence-electron chi connectivity index (χ0n) is 13.9. The number of hydrogen-bond donors (Lipinski definition) is 1. The molecule has 0 aliphatic carbocycles. The molecule has 1 N–H and O–H groups in total. The van der Waals surface area contributed by atoms with Gasteiger partial charge >= 0.3 is 0 Å². The first kappa shape index (κ1) is 16.8. The summed E-state index contributed by atoms with van der Waals surface area (Å²) >= 11 is 0. The molecule has 2 saturated heterocycles. The predicted octanol–water partition coefficient (Wildman–Crippen LogP) is 2.24. The molecule has 21 heavy (non-hydrogen) atoms. The fraction of sp³-hybridized carbons (Fsp3) is 0.941. The van der Waals surface area contributed by atoms with Gasteiger partial charge in [-0.1, -0.05) is 13.3 Å². The van der Waals surface area contributed by atoms with E-state index in [-0.39, 0.29) is 6.04 Å². The number of nitrogens with zero attached hydrogens (tertiary/aromatic N) is 2. The van der Waals surface area contributed by atoms with Gasteiger partial charge in [0.1, 0.15) is 0 Å². The van der Waals surface area contributed by atoms with Crippen molar-refractivity contribution in [3.05, 3.63) is 0 Å². The van der Waals surface area contributed by atoms with Gasteiger partial charge in [0, 0.05) is 25.7 Å². The van der Waals surface area contributed by atoms with Gasteiger partial charge in [0.25, 0.3) is 0 Å². The van der Waals surface area contributed by atoms with Crippen molar-refractivity contribution in [2.45, 2.75) is 70.9 Å². The molecule has 122 valence electrons. The van der Waals surface area contributed by atoms with Crippen LogP contribution in [0.5, 0.6) is 0 Å². The van der Waals surface area contributed by atoms with Crippen molar-refractivity contribution >= 4 is 5.91 Å². The van der Waals surface area contributed by atoms with Crippen LogP contribution in [0.3, 0.4) is 0 Å². The first-order valence-corrected chi connectivity index (χ1v) is 8.98. The first-order valence-electron chi connectivity index (χ1n) is 8.98. The van der Waals surface area contributed by atoms with E-state index in [1.54, 1.807) is 0 Å². The third kappa shape index (κ3) is 4.96. The van der Waals surface area contributed by atoms with Gasteiger partial charge in [-0.3, -0.25) is 9.69 Å². The van der Waals surface area contributed by atoms with Crippen LogP contribution in [-0.4, -0.2) is 60.5 Å². The summed E-state index contributed by atoms with van der Waals surface area (Å²) in [6.07, 6.45) is 8.55. The second-order valence-corrected chi connectivity index (χ2v) is 6.70. The Morgan fingerprint density at radius 1 is 1.29 bits per heavy atom. The molecule has 0 spiro atoms. The second-order valence-electron chi connectivity index (χ2n) is 6.70. The third-order valence-corrected chi connectivity index (χ3v) is 4.99. The molecule has 0 aromatic rings. The van der Waals surface area contributed by atoms with E-state index in [0.29, 0.717) is 11.9 Å². The Bertz CT molecular complexity index is 309. The van der Waals surface area contributed by atoms with Gasteiger partial charge in [-0.25, -0.2) is 0 Å². The number of rotatable bonds is 7. The van der Waals surface area contributed by atoms with Crippen LogP contribution in [0.4, 0.5) is 0 Å². The Balaban J connectivity index is 1.90. The molecule has 4 heteroatoms. The summed E-state index contributed by atoms with van der Waals surface area (Å²) < 4.78 is 0. The minimum atomic E-state index is 0.0389. The Hall–Kier alpha value is -0.610. The van der Waals surface area contributed by atoms with Crippen LogP contribution in [-0.2, 0) is 4.79 Å². The van der Waals surface area contributed by atoms with Gasteiger partial charge in [0.15, 0.2) is 0 Å². The van der Waals surface area contributed by atoms with E-state index in [1.807, 2.05) is 0 Å². The van der Waals surface area contributed by atoms with E-state index in [2.05, 4.69) is 29.0 Å². The Kier molecular flexibility index (Phi) is 6.97. The lowest BCUT2D eigenvalue weighted by Crippen LogP contribution is -2.51. The Morgan fingerprint density at radius 3 is 2.67 bits per heavy atom. The standard InChI is InChI=1S/C17H33N3O/c1-3-4-11-20(14-16-9-8-10-18-16)15(2)17(21)19-12-6-5-7-13-19/h15-16,18H,3-14H2,1-2H3. The SMILES string of the molecule is CCCCN(CC1CCCN1)C(C)C(=O)N1CCCCC1. The highest BCUT2D eigenvalue weighted by molar-refractivity contribution is 5.81.